The number of hydrogen-bond acceptors (Lipinski definition) is 2. The van der Waals surface area contributed by atoms with E-state index in [2.05, 4.69) is 17.3 Å². The third-order valence-electron chi connectivity index (χ3n) is 2.89. The van der Waals surface area contributed by atoms with E-state index in [1.54, 1.807) is 0 Å². The highest BCUT2D eigenvalue weighted by Gasteiger charge is 2.28. The molecular weight excluding hydrogens is 124 g/mol. The largest absolute Gasteiger partial charge is 0.315 e. The molecule has 0 aromatic rings. The van der Waals surface area contributed by atoms with Crippen molar-refractivity contribution in [2.24, 2.45) is 5.92 Å². The lowest BCUT2D eigenvalue weighted by atomic mass is 9.96. The van der Waals surface area contributed by atoms with Crippen molar-refractivity contribution in [3.05, 3.63) is 0 Å². The zero-order chi connectivity index (χ0) is 6.97. The monoisotopic (exact) mass is 140 g/mol. The van der Waals surface area contributed by atoms with Crippen molar-refractivity contribution in [3.63, 3.8) is 0 Å². The van der Waals surface area contributed by atoms with Gasteiger partial charge >= 0.3 is 0 Å². The van der Waals surface area contributed by atoms with Crippen LogP contribution in [0, 0.1) is 5.92 Å². The average molecular weight is 140 g/mol. The van der Waals surface area contributed by atoms with Gasteiger partial charge in [0.15, 0.2) is 0 Å². The first kappa shape index (κ1) is 6.62. The van der Waals surface area contributed by atoms with Gasteiger partial charge in [0.05, 0.1) is 0 Å². The molecule has 3 rings (SSSR count). The molecular formula is C8H16N2. The van der Waals surface area contributed by atoms with Crippen LogP contribution in [-0.4, -0.2) is 37.6 Å². The molecule has 3 aliphatic rings. The van der Waals surface area contributed by atoms with Crippen LogP contribution in [0.25, 0.3) is 0 Å². The fourth-order valence-electron chi connectivity index (χ4n) is 2.17. The van der Waals surface area contributed by atoms with Crippen molar-refractivity contribution in [1.29, 1.82) is 0 Å². The molecule has 10 heavy (non-hydrogen) atoms. The molecule has 0 amide bonds. The second-order valence-electron chi connectivity index (χ2n) is 3.70. The van der Waals surface area contributed by atoms with Crippen molar-refractivity contribution >= 4 is 0 Å². The predicted octanol–water partition coefficient (Wildman–Crippen LogP) is 0.300. The second-order valence-corrected chi connectivity index (χ2v) is 3.70. The van der Waals surface area contributed by atoms with Gasteiger partial charge in [-0.1, -0.05) is 0 Å². The number of hydrogen-bond donors (Lipinski definition) is 1. The average Bonchev–Trinajstić information content (AvgIpc) is 2.20. The molecule has 3 aliphatic heterocycles. The summed E-state index contributed by atoms with van der Waals surface area (Å²) in [5.41, 5.74) is 0. The minimum Gasteiger partial charge on any atom is -0.315 e. The summed E-state index contributed by atoms with van der Waals surface area (Å²) >= 11 is 0. The van der Waals surface area contributed by atoms with Crippen LogP contribution in [0.2, 0.25) is 0 Å². The van der Waals surface area contributed by atoms with Crippen molar-refractivity contribution < 1.29 is 0 Å². The number of rotatable bonds is 0. The molecule has 2 nitrogen and oxygen atoms in total. The molecule has 0 unspecified atom stereocenters. The fourth-order valence-corrected chi connectivity index (χ4v) is 2.17. The number of nitrogens with one attached hydrogen (secondary N) is 1. The lowest BCUT2D eigenvalue weighted by Gasteiger charge is -2.32. The Hall–Kier alpha value is -0.0800. The van der Waals surface area contributed by atoms with E-state index >= 15 is 0 Å². The Morgan fingerprint density at radius 3 is 3.00 bits per heavy atom. The Morgan fingerprint density at radius 2 is 2.20 bits per heavy atom. The normalized spacial score (nSPS) is 41.7. The van der Waals surface area contributed by atoms with Crippen molar-refractivity contribution in [3.8, 4) is 0 Å². The van der Waals surface area contributed by atoms with Gasteiger partial charge in [-0.15, -0.1) is 0 Å². The van der Waals surface area contributed by atoms with E-state index in [4.69, 9.17) is 0 Å². The van der Waals surface area contributed by atoms with Gasteiger partial charge in [-0.05, 0) is 32.4 Å². The van der Waals surface area contributed by atoms with Crippen molar-refractivity contribution in [2.75, 3.05) is 26.7 Å². The maximum absolute atomic E-state index is 3.50. The minimum atomic E-state index is 0.832. The number of nitrogens with zero attached hydrogens (tertiary/aromatic N) is 1. The van der Waals surface area contributed by atoms with E-state index in [0.717, 1.165) is 12.0 Å². The third kappa shape index (κ3) is 1.06. The molecule has 3 saturated heterocycles. The van der Waals surface area contributed by atoms with Gasteiger partial charge in [-0.3, -0.25) is 0 Å². The van der Waals surface area contributed by atoms with Gasteiger partial charge in [0.1, 0.15) is 0 Å². The molecule has 58 valence electrons. The van der Waals surface area contributed by atoms with Gasteiger partial charge in [0.25, 0.3) is 0 Å². The third-order valence-corrected chi connectivity index (χ3v) is 2.89. The minimum absolute atomic E-state index is 0.832. The van der Waals surface area contributed by atoms with E-state index in [-0.39, 0.29) is 0 Å². The zero-order valence-electron chi connectivity index (χ0n) is 6.64. The molecule has 0 saturated carbocycles. The Bertz CT molecular complexity index is 120. The van der Waals surface area contributed by atoms with Crippen molar-refractivity contribution in [2.45, 2.75) is 18.9 Å². The summed E-state index contributed by atoms with van der Waals surface area (Å²) < 4.78 is 0. The Kier molecular flexibility index (Phi) is 1.66. The van der Waals surface area contributed by atoms with E-state index in [0.29, 0.717) is 0 Å². The lowest BCUT2D eigenvalue weighted by molar-refractivity contribution is 0.168. The zero-order valence-corrected chi connectivity index (χ0v) is 6.64. The van der Waals surface area contributed by atoms with E-state index < -0.39 is 0 Å². The van der Waals surface area contributed by atoms with E-state index in [1.807, 2.05) is 0 Å². The maximum Gasteiger partial charge on any atom is 0.0217 e. The molecule has 2 atom stereocenters. The van der Waals surface area contributed by atoms with Gasteiger partial charge in [0, 0.05) is 19.1 Å². The number of fused-ring (bicyclic) bond motifs is 4. The molecule has 0 aromatic heterocycles. The standard InChI is InChI=1S/C8H16N2/c1-10-6-7-2-3-8(10)5-9-4-7/h7-9H,2-6H2,1H3/t7-,8+/m0/s1. The number of likely N-dealkylation sites (N-methyl/N-ethyl adjacent to an activating group) is 1. The maximum atomic E-state index is 3.50. The predicted molar refractivity (Wildman–Crippen MR) is 42.0 cm³/mol. The summed E-state index contributed by atoms with van der Waals surface area (Å²) in [4.78, 5) is 2.51. The van der Waals surface area contributed by atoms with Gasteiger partial charge in [0.2, 0.25) is 0 Å². The first-order chi connectivity index (χ1) is 4.86. The van der Waals surface area contributed by atoms with E-state index in [9.17, 15) is 0 Å². The highest BCUT2D eigenvalue weighted by Crippen LogP contribution is 2.22. The lowest BCUT2D eigenvalue weighted by Crippen LogP contribution is -2.40. The van der Waals surface area contributed by atoms with Crippen LogP contribution in [0.5, 0.6) is 0 Å². The Morgan fingerprint density at radius 1 is 1.30 bits per heavy atom. The smallest absolute Gasteiger partial charge is 0.0217 e. The van der Waals surface area contributed by atoms with Crippen LogP contribution in [0.3, 0.4) is 0 Å². The molecule has 0 spiro atoms. The molecule has 2 bridgehead atoms. The Balaban J connectivity index is 2.07. The van der Waals surface area contributed by atoms with Crippen LogP contribution in [0.1, 0.15) is 12.8 Å². The summed E-state index contributed by atoms with van der Waals surface area (Å²) in [6, 6.07) is 0.832. The van der Waals surface area contributed by atoms with Crippen LogP contribution in [0.4, 0.5) is 0 Å². The summed E-state index contributed by atoms with van der Waals surface area (Å²) in [7, 11) is 2.25. The molecule has 0 aliphatic carbocycles. The first-order valence-corrected chi connectivity index (χ1v) is 4.27. The van der Waals surface area contributed by atoms with Crippen LogP contribution in [0.15, 0.2) is 0 Å². The highest BCUT2D eigenvalue weighted by molar-refractivity contribution is 4.85. The highest BCUT2D eigenvalue weighted by atomic mass is 15.2. The van der Waals surface area contributed by atoms with Gasteiger partial charge in [-0.25, -0.2) is 0 Å². The molecule has 3 fully saturated rings. The second kappa shape index (κ2) is 2.51. The number of piperidine rings is 1. The van der Waals surface area contributed by atoms with Gasteiger partial charge in [-0.2, -0.15) is 0 Å². The summed E-state index contributed by atoms with van der Waals surface area (Å²) in [6.07, 6.45) is 2.86. The Labute approximate surface area is 62.6 Å². The molecule has 1 N–H and O–H groups in total. The molecule has 0 radical (unpaired) electrons. The fraction of sp³-hybridized carbons (Fsp3) is 1.00. The van der Waals surface area contributed by atoms with Gasteiger partial charge < -0.3 is 10.2 Å². The van der Waals surface area contributed by atoms with Crippen LogP contribution >= 0.6 is 0 Å². The summed E-state index contributed by atoms with van der Waals surface area (Å²) in [5, 5.41) is 3.50. The SMILES string of the molecule is CN1C[C@H]2CC[C@@H]1CNC2. The summed E-state index contributed by atoms with van der Waals surface area (Å²) in [6.45, 7) is 3.78. The van der Waals surface area contributed by atoms with Crippen LogP contribution < -0.4 is 5.32 Å². The van der Waals surface area contributed by atoms with Crippen molar-refractivity contribution in [1.82, 2.24) is 10.2 Å². The first-order valence-electron chi connectivity index (χ1n) is 4.27. The quantitative estimate of drug-likeness (QED) is 0.520. The molecule has 3 heterocycles. The topological polar surface area (TPSA) is 15.3 Å². The molecule has 0 aromatic carbocycles. The van der Waals surface area contributed by atoms with Crippen LogP contribution in [-0.2, 0) is 0 Å². The van der Waals surface area contributed by atoms with E-state index in [1.165, 1.54) is 32.5 Å². The summed E-state index contributed by atoms with van der Waals surface area (Å²) in [5.74, 6) is 0.934. The molecule has 2 heteroatoms.